The molecule has 4 nitrogen and oxygen atoms in total. The number of hydrogen-bond acceptors (Lipinski definition) is 5. The predicted octanol–water partition coefficient (Wildman–Crippen LogP) is 2.48. The largest absolute Gasteiger partial charge is 0.382 e. The van der Waals surface area contributed by atoms with Crippen molar-refractivity contribution in [2.45, 2.75) is 37.4 Å². The molecule has 0 aromatic heterocycles. The van der Waals surface area contributed by atoms with Crippen LogP contribution in [0, 0.1) is 0 Å². The lowest BCUT2D eigenvalue weighted by Crippen LogP contribution is -2.27. The van der Waals surface area contributed by atoms with E-state index in [0.29, 0.717) is 32.8 Å². The Kier molecular flexibility index (Phi) is 10.7. The summed E-state index contributed by atoms with van der Waals surface area (Å²) in [4.78, 5) is 11.5. The zero-order valence-electron chi connectivity index (χ0n) is 11.7. The lowest BCUT2D eigenvalue weighted by molar-refractivity contribution is -0.121. The fourth-order valence-corrected chi connectivity index (χ4v) is 4.84. The second-order valence-electron chi connectivity index (χ2n) is 4.53. The van der Waals surface area contributed by atoms with Gasteiger partial charge in [0.1, 0.15) is 0 Å². The number of amides is 1. The quantitative estimate of drug-likeness (QED) is 0.469. The van der Waals surface area contributed by atoms with Crippen molar-refractivity contribution in [2.75, 3.05) is 39.2 Å². The molecule has 1 rings (SSSR count). The normalized spacial score (nSPS) is 18.7. The first-order valence-corrected chi connectivity index (χ1v) is 9.33. The molecule has 1 atom stereocenters. The van der Waals surface area contributed by atoms with Crippen molar-refractivity contribution in [3.63, 3.8) is 0 Å². The average molecular weight is 307 g/mol. The molecule has 1 aliphatic rings. The van der Waals surface area contributed by atoms with Gasteiger partial charge in [0.05, 0.1) is 19.8 Å². The molecule has 1 fully saturated rings. The van der Waals surface area contributed by atoms with Gasteiger partial charge < -0.3 is 14.8 Å². The Hall–Kier alpha value is 0.0900. The zero-order chi connectivity index (χ0) is 13.8. The summed E-state index contributed by atoms with van der Waals surface area (Å²) in [6.45, 7) is 2.34. The van der Waals surface area contributed by atoms with Crippen LogP contribution in [0.3, 0.4) is 0 Å². The first kappa shape index (κ1) is 17.1. The van der Waals surface area contributed by atoms with E-state index >= 15 is 0 Å². The molecule has 1 saturated heterocycles. The van der Waals surface area contributed by atoms with Crippen molar-refractivity contribution in [3.8, 4) is 0 Å². The first-order chi connectivity index (χ1) is 9.33. The molecule has 1 N–H and O–H groups in total. The van der Waals surface area contributed by atoms with Gasteiger partial charge in [-0.2, -0.15) is 0 Å². The van der Waals surface area contributed by atoms with E-state index in [-0.39, 0.29) is 5.91 Å². The van der Waals surface area contributed by atoms with Gasteiger partial charge in [-0.3, -0.25) is 4.79 Å². The summed E-state index contributed by atoms with van der Waals surface area (Å²) in [6.07, 6.45) is 5.39. The summed E-state index contributed by atoms with van der Waals surface area (Å²) in [7, 11) is 5.64. The summed E-state index contributed by atoms with van der Waals surface area (Å²) in [5, 5.41) is 3.70. The van der Waals surface area contributed by atoms with Gasteiger partial charge in [-0.05, 0) is 19.3 Å². The van der Waals surface area contributed by atoms with Crippen LogP contribution in [-0.4, -0.2) is 50.4 Å². The van der Waals surface area contributed by atoms with E-state index in [2.05, 4.69) is 5.32 Å². The van der Waals surface area contributed by atoms with E-state index in [0.717, 1.165) is 18.1 Å². The molecule has 0 radical (unpaired) electrons. The van der Waals surface area contributed by atoms with Gasteiger partial charge in [0.15, 0.2) is 0 Å². The lowest BCUT2D eigenvalue weighted by atomic mass is 10.1. The number of hydrogen-bond donors (Lipinski definition) is 1. The van der Waals surface area contributed by atoms with Crippen molar-refractivity contribution >= 4 is 27.5 Å². The minimum absolute atomic E-state index is 0.142. The van der Waals surface area contributed by atoms with E-state index in [9.17, 15) is 4.79 Å². The van der Waals surface area contributed by atoms with Crippen molar-refractivity contribution in [2.24, 2.45) is 0 Å². The summed E-state index contributed by atoms with van der Waals surface area (Å²) in [6, 6.07) is 0. The van der Waals surface area contributed by atoms with Crippen LogP contribution in [0.1, 0.15) is 32.1 Å². The highest BCUT2D eigenvalue weighted by atomic mass is 33.1. The van der Waals surface area contributed by atoms with Crippen molar-refractivity contribution < 1.29 is 14.3 Å². The molecule has 0 saturated carbocycles. The smallest absolute Gasteiger partial charge is 0.220 e. The monoisotopic (exact) mass is 307 g/mol. The summed E-state index contributed by atoms with van der Waals surface area (Å²) in [5.74, 6) is 1.43. The van der Waals surface area contributed by atoms with Gasteiger partial charge in [-0.15, -0.1) is 0 Å². The summed E-state index contributed by atoms with van der Waals surface area (Å²) in [5.41, 5.74) is 0. The molecule has 6 heteroatoms. The van der Waals surface area contributed by atoms with E-state index in [1.165, 1.54) is 18.6 Å². The minimum Gasteiger partial charge on any atom is -0.382 e. The minimum atomic E-state index is 0.142. The van der Waals surface area contributed by atoms with Crippen LogP contribution in [0.15, 0.2) is 0 Å². The molecule has 0 bridgehead atoms. The third-order valence-electron chi connectivity index (χ3n) is 2.91. The second kappa shape index (κ2) is 11.9. The molecule has 0 spiro atoms. The van der Waals surface area contributed by atoms with Crippen LogP contribution in [0.4, 0.5) is 0 Å². The topological polar surface area (TPSA) is 47.6 Å². The molecule has 0 aromatic carbocycles. The van der Waals surface area contributed by atoms with Gasteiger partial charge in [0.25, 0.3) is 0 Å². The molecular weight excluding hydrogens is 282 g/mol. The standard InChI is InChI=1S/C13H25NO3S2/c1-16-9-10-17-8-7-14-13(15)5-3-2-4-12-6-11-18-19-12/h12H,2-11H2,1H3,(H,14,15). The molecule has 0 aliphatic carbocycles. The Morgan fingerprint density at radius 2 is 2.21 bits per heavy atom. The number of unbranched alkanes of at least 4 members (excludes halogenated alkanes) is 1. The molecule has 1 heterocycles. The van der Waals surface area contributed by atoms with Crippen molar-refractivity contribution in [1.29, 1.82) is 0 Å². The highest BCUT2D eigenvalue weighted by Crippen LogP contribution is 2.39. The zero-order valence-corrected chi connectivity index (χ0v) is 13.3. The van der Waals surface area contributed by atoms with E-state index in [1.54, 1.807) is 7.11 Å². The maximum atomic E-state index is 11.5. The number of carbonyl (C=O) groups is 1. The summed E-state index contributed by atoms with van der Waals surface area (Å²) < 4.78 is 10.1. The van der Waals surface area contributed by atoms with Gasteiger partial charge >= 0.3 is 0 Å². The molecule has 0 aromatic rings. The van der Waals surface area contributed by atoms with Gasteiger partial charge in [-0.25, -0.2) is 0 Å². The van der Waals surface area contributed by atoms with Crippen molar-refractivity contribution in [1.82, 2.24) is 5.32 Å². The number of ether oxygens (including phenoxy) is 2. The van der Waals surface area contributed by atoms with E-state index in [1.807, 2.05) is 21.6 Å². The third-order valence-corrected chi connectivity index (χ3v) is 5.91. The predicted molar refractivity (Wildman–Crippen MR) is 82.6 cm³/mol. The highest BCUT2D eigenvalue weighted by Gasteiger charge is 2.15. The van der Waals surface area contributed by atoms with Crippen LogP contribution >= 0.6 is 21.6 Å². The Morgan fingerprint density at radius 3 is 2.95 bits per heavy atom. The van der Waals surface area contributed by atoms with E-state index < -0.39 is 0 Å². The second-order valence-corrected chi connectivity index (χ2v) is 7.32. The fraction of sp³-hybridized carbons (Fsp3) is 0.923. The SMILES string of the molecule is COCCOCCNC(=O)CCCCC1CCSS1. The Bertz CT molecular complexity index is 236. The van der Waals surface area contributed by atoms with E-state index in [4.69, 9.17) is 9.47 Å². The molecule has 1 unspecified atom stereocenters. The van der Waals surface area contributed by atoms with Gasteiger partial charge in [-0.1, -0.05) is 28.0 Å². The maximum Gasteiger partial charge on any atom is 0.220 e. The molecule has 112 valence electrons. The number of nitrogens with one attached hydrogen (secondary N) is 1. The Balaban J connectivity index is 1.82. The van der Waals surface area contributed by atoms with Crippen LogP contribution in [0.2, 0.25) is 0 Å². The first-order valence-electron chi connectivity index (χ1n) is 6.94. The summed E-state index contributed by atoms with van der Waals surface area (Å²) >= 11 is 0. The Morgan fingerprint density at radius 1 is 1.32 bits per heavy atom. The number of carbonyl (C=O) groups excluding carboxylic acids is 1. The maximum absolute atomic E-state index is 11.5. The van der Waals surface area contributed by atoms with Crippen LogP contribution in [0.5, 0.6) is 0 Å². The van der Waals surface area contributed by atoms with Gasteiger partial charge in [0.2, 0.25) is 5.91 Å². The van der Waals surface area contributed by atoms with Crippen LogP contribution in [-0.2, 0) is 14.3 Å². The van der Waals surface area contributed by atoms with Crippen molar-refractivity contribution in [3.05, 3.63) is 0 Å². The average Bonchev–Trinajstić information content (AvgIpc) is 2.92. The van der Waals surface area contributed by atoms with Gasteiger partial charge in [0, 0.05) is 31.1 Å². The lowest BCUT2D eigenvalue weighted by Gasteiger charge is -2.08. The molecule has 1 aliphatic heterocycles. The number of methoxy groups -OCH3 is 1. The van der Waals surface area contributed by atoms with Crippen LogP contribution in [0.25, 0.3) is 0 Å². The Labute approximate surface area is 124 Å². The number of rotatable bonds is 11. The molecular formula is C13H25NO3S2. The molecule has 19 heavy (non-hydrogen) atoms. The fourth-order valence-electron chi connectivity index (χ4n) is 1.82. The molecule has 1 amide bonds. The third kappa shape index (κ3) is 9.60. The van der Waals surface area contributed by atoms with Crippen LogP contribution < -0.4 is 5.32 Å². The highest BCUT2D eigenvalue weighted by molar-refractivity contribution is 8.77.